The maximum atomic E-state index is 13.1. The Labute approximate surface area is 107 Å². The van der Waals surface area contributed by atoms with Gasteiger partial charge in [0.25, 0.3) is 0 Å². The summed E-state index contributed by atoms with van der Waals surface area (Å²) in [7, 11) is 0. The van der Waals surface area contributed by atoms with Crippen LogP contribution in [0.25, 0.3) is 0 Å². The summed E-state index contributed by atoms with van der Waals surface area (Å²) in [5, 5.41) is 12.8. The van der Waals surface area contributed by atoms with Gasteiger partial charge in [-0.1, -0.05) is 0 Å². The summed E-state index contributed by atoms with van der Waals surface area (Å²) in [6, 6.07) is 5.45. The van der Waals surface area contributed by atoms with E-state index in [-0.39, 0.29) is 11.3 Å². The standard InChI is InChI=1S/C13H11FO3S/c14-11-5-10(13(15)16)6-12(7-11)17-3-1-9-2-4-18-8-9/h2,4-8H,1,3H2,(H,15,16). The lowest BCUT2D eigenvalue weighted by molar-refractivity contribution is 0.0695. The third-order valence-corrected chi connectivity index (χ3v) is 3.09. The van der Waals surface area contributed by atoms with E-state index >= 15 is 0 Å². The summed E-state index contributed by atoms with van der Waals surface area (Å²) in [6.45, 7) is 0.388. The lowest BCUT2D eigenvalue weighted by Crippen LogP contribution is -2.03. The Morgan fingerprint density at radius 3 is 2.89 bits per heavy atom. The van der Waals surface area contributed by atoms with Crippen LogP contribution in [0, 0.1) is 5.82 Å². The van der Waals surface area contributed by atoms with Crippen molar-refractivity contribution in [1.82, 2.24) is 0 Å². The van der Waals surface area contributed by atoms with Crippen molar-refractivity contribution in [2.24, 2.45) is 0 Å². The van der Waals surface area contributed by atoms with Crippen LogP contribution in [-0.2, 0) is 6.42 Å². The molecule has 0 amide bonds. The fraction of sp³-hybridized carbons (Fsp3) is 0.154. The molecule has 5 heteroatoms. The molecule has 0 saturated carbocycles. The Kier molecular flexibility index (Phi) is 3.94. The maximum Gasteiger partial charge on any atom is 0.335 e. The zero-order valence-electron chi connectivity index (χ0n) is 9.43. The van der Waals surface area contributed by atoms with Crippen LogP contribution in [0.4, 0.5) is 4.39 Å². The molecule has 0 aliphatic carbocycles. The minimum absolute atomic E-state index is 0.111. The molecule has 0 spiro atoms. The third kappa shape index (κ3) is 3.30. The predicted molar refractivity (Wildman–Crippen MR) is 66.9 cm³/mol. The Balaban J connectivity index is 1.98. The molecule has 0 aliphatic rings. The summed E-state index contributed by atoms with van der Waals surface area (Å²) < 4.78 is 18.5. The van der Waals surface area contributed by atoms with E-state index in [4.69, 9.17) is 9.84 Å². The van der Waals surface area contributed by atoms with E-state index in [2.05, 4.69) is 0 Å². The van der Waals surface area contributed by atoms with Gasteiger partial charge in [-0.3, -0.25) is 0 Å². The van der Waals surface area contributed by atoms with E-state index < -0.39 is 11.8 Å². The van der Waals surface area contributed by atoms with Crippen molar-refractivity contribution in [2.45, 2.75) is 6.42 Å². The van der Waals surface area contributed by atoms with Gasteiger partial charge in [0, 0.05) is 12.5 Å². The molecule has 0 radical (unpaired) electrons. The van der Waals surface area contributed by atoms with Crippen molar-refractivity contribution in [1.29, 1.82) is 0 Å². The normalized spacial score (nSPS) is 10.3. The van der Waals surface area contributed by atoms with Crippen LogP contribution >= 0.6 is 11.3 Å². The van der Waals surface area contributed by atoms with Crippen molar-refractivity contribution in [3.8, 4) is 5.75 Å². The number of benzene rings is 1. The quantitative estimate of drug-likeness (QED) is 0.904. The SMILES string of the molecule is O=C(O)c1cc(F)cc(OCCc2ccsc2)c1. The molecule has 18 heavy (non-hydrogen) atoms. The van der Waals surface area contributed by atoms with Crippen LogP contribution < -0.4 is 4.74 Å². The van der Waals surface area contributed by atoms with Crippen LogP contribution in [-0.4, -0.2) is 17.7 Å². The number of halogens is 1. The summed E-state index contributed by atoms with van der Waals surface area (Å²) in [5.41, 5.74) is 1.04. The summed E-state index contributed by atoms with van der Waals surface area (Å²) >= 11 is 1.60. The van der Waals surface area contributed by atoms with Gasteiger partial charge >= 0.3 is 5.97 Å². The smallest absolute Gasteiger partial charge is 0.335 e. The Hall–Kier alpha value is -1.88. The van der Waals surface area contributed by atoms with Crippen molar-refractivity contribution >= 4 is 17.3 Å². The number of thiophene rings is 1. The highest BCUT2D eigenvalue weighted by Crippen LogP contribution is 2.17. The third-order valence-electron chi connectivity index (χ3n) is 2.36. The molecule has 0 bridgehead atoms. The molecular formula is C13H11FO3S. The molecule has 2 rings (SSSR count). The largest absolute Gasteiger partial charge is 0.493 e. The number of aromatic carboxylic acids is 1. The van der Waals surface area contributed by atoms with Gasteiger partial charge in [0.15, 0.2) is 0 Å². The number of carboxylic acid groups (broad SMARTS) is 1. The predicted octanol–water partition coefficient (Wildman–Crippen LogP) is 3.21. The molecule has 0 unspecified atom stereocenters. The van der Waals surface area contributed by atoms with Crippen molar-refractivity contribution in [3.05, 3.63) is 52.0 Å². The van der Waals surface area contributed by atoms with Gasteiger partial charge in [-0.25, -0.2) is 9.18 Å². The van der Waals surface area contributed by atoms with Gasteiger partial charge in [-0.2, -0.15) is 11.3 Å². The van der Waals surface area contributed by atoms with E-state index in [0.717, 1.165) is 11.6 Å². The highest BCUT2D eigenvalue weighted by Gasteiger charge is 2.07. The highest BCUT2D eigenvalue weighted by atomic mass is 32.1. The molecule has 0 saturated heterocycles. The second-order valence-electron chi connectivity index (χ2n) is 3.71. The second kappa shape index (κ2) is 5.64. The van der Waals surface area contributed by atoms with Crippen LogP contribution in [0.15, 0.2) is 35.0 Å². The number of carbonyl (C=O) groups is 1. The van der Waals surface area contributed by atoms with E-state index in [1.54, 1.807) is 11.3 Å². The van der Waals surface area contributed by atoms with Crippen molar-refractivity contribution < 1.29 is 19.0 Å². The van der Waals surface area contributed by atoms with E-state index in [0.29, 0.717) is 13.0 Å². The molecule has 2 aromatic rings. The van der Waals surface area contributed by atoms with Gasteiger partial charge < -0.3 is 9.84 Å². The second-order valence-corrected chi connectivity index (χ2v) is 4.49. The first-order valence-electron chi connectivity index (χ1n) is 5.33. The summed E-state index contributed by atoms with van der Waals surface area (Å²) in [5.74, 6) is -1.54. The number of hydrogen-bond donors (Lipinski definition) is 1. The van der Waals surface area contributed by atoms with Crippen molar-refractivity contribution in [2.75, 3.05) is 6.61 Å². The molecule has 0 fully saturated rings. The van der Waals surface area contributed by atoms with Crippen LogP contribution in [0.2, 0.25) is 0 Å². The van der Waals surface area contributed by atoms with Crippen LogP contribution in [0.5, 0.6) is 5.75 Å². The van der Waals surface area contributed by atoms with Gasteiger partial charge in [0.2, 0.25) is 0 Å². The van der Waals surface area contributed by atoms with E-state index in [9.17, 15) is 9.18 Å². The first-order chi connectivity index (χ1) is 8.65. The lowest BCUT2D eigenvalue weighted by Gasteiger charge is -2.06. The molecule has 1 aromatic carbocycles. The fourth-order valence-electron chi connectivity index (χ4n) is 1.49. The monoisotopic (exact) mass is 266 g/mol. The van der Waals surface area contributed by atoms with E-state index in [1.165, 1.54) is 12.1 Å². The minimum Gasteiger partial charge on any atom is -0.493 e. The number of ether oxygens (including phenoxy) is 1. The average Bonchev–Trinajstić information content (AvgIpc) is 2.81. The molecule has 1 aromatic heterocycles. The fourth-order valence-corrected chi connectivity index (χ4v) is 2.19. The minimum atomic E-state index is -1.17. The van der Waals surface area contributed by atoms with Gasteiger partial charge in [0.05, 0.1) is 12.2 Å². The van der Waals surface area contributed by atoms with E-state index in [1.807, 2.05) is 16.8 Å². The molecule has 1 heterocycles. The molecule has 94 valence electrons. The maximum absolute atomic E-state index is 13.1. The zero-order chi connectivity index (χ0) is 13.0. The Morgan fingerprint density at radius 1 is 1.39 bits per heavy atom. The summed E-state index contributed by atoms with van der Waals surface area (Å²) in [6.07, 6.45) is 0.711. The first kappa shape index (κ1) is 12.6. The Bertz CT molecular complexity index is 537. The number of carboxylic acids is 1. The molecule has 0 atom stereocenters. The number of rotatable bonds is 5. The van der Waals surface area contributed by atoms with Crippen molar-refractivity contribution in [3.63, 3.8) is 0 Å². The number of hydrogen-bond acceptors (Lipinski definition) is 3. The average molecular weight is 266 g/mol. The zero-order valence-corrected chi connectivity index (χ0v) is 10.2. The van der Waals surface area contributed by atoms with Crippen LogP contribution in [0.1, 0.15) is 15.9 Å². The molecule has 3 nitrogen and oxygen atoms in total. The lowest BCUT2D eigenvalue weighted by atomic mass is 10.2. The van der Waals surface area contributed by atoms with Gasteiger partial charge in [-0.05, 0) is 34.5 Å². The first-order valence-corrected chi connectivity index (χ1v) is 6.27. The van der Waals surface area contributed by atoms with Crippen LogP contribution in [0.3, 0.4) is 0 Å². The topological polar surface area (TPSA) is 46.5 Å². The molecule has 0 aliphatic heterocycles. The Morgan fingerprint density at radius 2 is 2.22 bits per heavy atom. The summed E-state index contributed by atoms with van der Waals surface area (Å²) in [4.78, 5) is 10.7. The highest BCUT2D eigenvalue weighted by molar-refractivity contribution is 7.07. The van der Waals surface area contributed by atoms with Gasteiger partial charge in [0.1, 0.15) is 11.6 Å². The molecule has 1 N–H and O–H groups in total. The van der Waals surface area contributed by atoms with Gasteiger partial charge in [-0.15, -0.1) is 0 Å². The molecular weight excluding hydrogens is 255 g/mol.